The van der Waals surface area contributed by atoms with Gasteiger partial charge in [0.25, 0.3) is 6.10 Å². The molecule has 7 nitrogen and oxygen atoms in total. The van der Waals surface area contributed by atoms with Gasteiger partial charge >= 0.3 is 30.6 Å². The third-order valence-electron chi connectivity index (χ3n) is 8.15. The minimum absolute atomic E-state index is 0.0377. The Labute approximate surface area is 228 Å². The normalized spacial score (nSPS) is 23.7. The van der Waals surface area contributed by atoms with Crippen molar-refractivity contribution in [1.82, 2.24) is 9.80 Å². The summed E-state index contributed by atoms with van der Waals surface area (Å²) >= 11 is 0. The van der Waals surface area contributed by atoms with E-state index in [1.807, 2.05) is 4.90 Å². The number of carboxylic acid groups (broad SMARTS) is 1. The minimum atomic E-state index is -5.81. The van der Waals surface area contributed by atoms with Crippen molar-refractivity contribution in [3.05, 3.63) is 29.3 Å². The van der Waals surface area contributed by atoms with Crippen LogP contribution in [0.4, 0.5) is 50.0 Å². The molecule has 0 aliphatic carbocycles. The fraction of sp³-hybridized carbons (Fsp3) is 0.680. The van der Waals surface area contributed by atoms with Gasteiger partial charge in [0.1, 0.15) is 0 Å². The lowest BCUT2D eigenvalue weighted by atomic mass is 9.72. The molecule has 3 saturated heterocycles. The van der Waals surface area contributed by atoms with Gasteiger partial charge in [0.2, 0.25) is 0 Å². The van der Waals surface area contributed by atoms with Gasteiger partial charge in [0, 0.05) is 51.5 Å². The molecule has 3 aliphatic heterocycles. The number of alkyl halides is 9. The highest BCUT2D eigenvalue weighted by Gasteiger charge is 2.60. The highest BCUT2D eigenvalue weighted by Crippen LogP contribution is 2.44. The summed E-state index contributed by atoms with van der Waals surface area (Å²) in [6.07, 6.45) is -21.3. The zero-order valence-corrected chi connectivity index (χ0v) is 21.8. The number of benzene rings is 1. The van der Waals surface area contributed by atoms with Crippen LogP contribution in [0.15, 0.2) is 18.2 Å². The van der Waals surface area contributed by atoms with Crippen LogP contribution in [0.2, 0.25) is 0 Å². The lowest BCUT2D eigenvalue weighted by Gasteiger charge is -2.54. The maximum Gasteiger partial charge on any atom is 0.434 e. The number of likely N-dealkylation sites (tertiary alicyclic amines) is 2. The average Bonchev–Trinajstić information content (AvgIpc) is 3.23. The van der Waals surface area contributed by atoms with Crippen molar-refractivity contribution < 1.29 is 58.9 Å². The van der Waals surface area contributed by atoms with Crippen molar-refractivity contribution in [2.45, 2.75) is 57.4 Å². The topological polar surface area (TPSA) is 73.3 Å². The van der Waals surface area contributed by atoms with E-state index in [-0.39, 0.29) is 50.2 Å². The van der Waals surface area contributed by atoms with Gasteiger partial charge in [-0.15, -0.1) is 0 Å². The molecule has 41 heavy (non-hydrogen) atoms. The number of ether oxygens (including phenoxy) is 1. The fourth-order valence-corrected chi connectivity index (χ4v) is 5.74. The number of piperidine rings is 1. The molecule has 1 N–H and O–H groups in total. The predicted octanol–water partition coefficient (Wildman–Crippen LogP) is 5.53. The van der Waals surface area contributed by atoms with E-state index in [1.54, 1.807) is 4.90 Å². The van der Waals surface area contributed by atoms with Crippen LogP contribution in [-0.2, 0) is 22.3 Å². The summed E-state index contributed by atoms with van der Waals surface area (Å²) in [7, 11) is 0. The second-order valence-corrected chi connectivity index (χ2v) is 11.4. The summed E-state index contributed by atoms with van der Waals surface area (Å²) in [5.74, 6) is -1.04. The van der Waals surface area contributed by atoms with Crippen LogP contribution in [-0.4, -0.2) is 84.7 Å². The first kappa shape index (κ1) is 31.0. The molecule has 0 saturated carbocycles. The highest BCUT2D eigenvalue weighted by atomic mass is 19.4. The van der Waals surface area contributed by atoms with Gasteiger partial charge in [0.05, 0.1) is 11.0 Å². The Hall–Kier alpha value is -2.91. The molecule has 1 aromatic rings. The van der Waals surface area contributed by atoms with Crippen molar-refractivity contribution in [2.75, 3.05) is 44.2 Å². The molecule has 16 heteroatoms. The molecule has 1 aromatic carbocycles. The molecule has 3 aliphatic rings. The monoisotopic (exact) mass is 605 g/mol. The molecule has 0 bridgehead atoms. The van der Waals surface area contributed by atoms with Gasteiger partial charge < -0.3 is 19.6 Å². The number of nitrogens with zero attached hydrogens (tertiary/aromatic N) is 3. The molecule has 1 unspecified atom stereocenters. The number of hydrogen-bond donors (Lipinski definition) is 1. The number of amides is 1. The van der Waals surface area contributed by atoms with Crippen LogP contribution in [0.5, 0.6) is 0 Å². The van der Waals surface area contributed by atoms with Crippen LogP contribution in [0.3, 0.4) is 0 Å². The maximum absolute atomic E-state index is 13.4. The predicted molar refractivity (Wildman–Crippen MR) is 125 cm³/mol. The second-order valence-electron chi connectivity index (χ2n) is 11.4. The van der Waals surface area contributed by atoms with Gasteiger partial charge in [-0.1, -0.05) is 6.07 Å². The molecule has 0 radical (unpaired) electrons. The summed E-state index contributed by atoms with van der Waals surface area (Å²) in [6, 6.07) is 3.33. The zero-order valence-electron chi connectivity index (χ0n) is 21.8. The number of hydrogen-bond acceptors (Lipinski definition) is 5. The van der Waals surface area contributed by atoms with Gasteiger partial charge in [-0.05, 0) is 49.3 Å². The first-order valence-electron chi connectivity index (χ1n) is 12.7. The zero-order chi connectivity index (χ0) is 30.6. The van der Waals surface area contributed by atoms with Crippen LogP contribution in [0, 0.1) is 10.8 Å². The Morgan fingerprint density at radius 3 is 2.00 bits per heavy atom. The third kappa shape index (κ3) is 6.61. The number of halogens is 9. The number of carbonyl (C=O) groups is 2. The molecule has 1 spiro atoms. The van der Waals surface area contributed by atoms with E-state index in [0.717, 1.165) is 17.0 Å². The lowest BCUT2D eigenvalue weighted by Crippen LogP contribution is -2.60. The SMILES string of the molecule is CC1(C(=O)O)CCN(c2cc(C(F)(F)F)ccc2CN2CC3(CCN(C(=O)OC(C(F)(F)F)C(F)(F)F)CC3)C2)C1. The minimum Gasteiger partial charge on any atom is -0.481 e. The molecule has 0 aromatic heterocycles. The molecular formula is C25H28F9N3O4. The number of carbonyl (C=O) groups excluding carboxylic acids is 1. The highest BCUT2D eigenvalue weighted by molar-refractivity contribution is 5.76. The van der Waals surface area contributed by atoms with Crippen LogP contribution >= 0.6 is 0 Å². The summed E-state index contributed by atoms with van der Waals surface area (Å²) in [6.45, 7) is 2.78. The molecule has 3 fully saturated rings. The first-order valence-corrected chi connectivity index (χ1v) is 12.7. The summed E-state index contributed by atoms with van der Waals surface area (Å²) in [5, 5.41) is 9.54. The van der Waals surface area contributed by atoms with E-state index in [9.17, 15) is 54.2 Å². The van der Waals surface area contributed by atoms with E-state index < -0.39 is 47.7 Å². The number of rotatable bonds is 5. The van der Waals surface area contributed by atoms with Crippen LogP contribution in [0.25, 0.3) is 0 Å². The van der Waals surface area contributed by atoms with Gasteiger partial charge in [-0.2, -0.15) is 39.5 Å². The molecule has 4 rings (SSSR count). The molecule has 1 atom stereocenters. The summed E-state index contributed by atoms with van der Waals surface area (Å²) in [5.41, 5.74) is -1.48. The Morgan fingerprint density at radius 2 is 1.51 bits per heavy atom. The second kappa shape index (κ2) is 10.4. The summed E-state index contributed by atoms with van der Waals surface area (Å²) < 4.78 is 120. The van der Waals surface area contributed by atoms with Crippen LogP contribution < -0.4 is 4.90 Å². The molecule has 230 valence electrons. The number of anilines is 1. The molecule has 3 heterocycles. The Morgan fingerprint density at radius 1 is 0.927 bits per heavy atom. The van der Waals surface area contributed by atoms with E-state index >= 15 is 0 Å². The van der Waals surface area contributed by atoms with Crippen molar-refractivity contribution in [2.24, 2.45) is 10.8 Å². The first-order chi connectivity index (χ1) is 18.7. The van der Waals surface area contributed by atoms with Gasteiger partial charge in [-0.25, -0.2) is 4.79 Å². The van der Waals surface area contributed by atoms with E-state index in [1.165, 1.54) is 13.0 Å². The average molecular weight is 605 g/mol. The van der Waals surface area contributed by atoms with Crippen molar-refractivity contribution in [3.8, 4) is 0 Å². The van der Waals surface area contributed by atoms with Gasteiger partial charge in [0.15, 0.2) is 0 Å². The van der Waals surface area contributed by atoms with Crippen molar-refractivity contribution in [1.29, 1.82) is 0 Å². The summed E-state index contributed by atoms with van der Waals surface area (Å²) in [4.78, 5) is 28.1. The Bertz CT molecular complexity index is 1140. The lowest BCUT2D eigenvalue weighted by molar-refractivity contribution is -0.308. The van der Waals surface area contributed by atoms with Gasteiger partial charge in [-0.3, -0.25) is 9.69 Å². The van der Waals surface area contributed by atoms with Crippen molar-refractivity contribution in [3.63, 3.8) is 0 Å². The Kier molecular flexibility index (Phi) is 7.89. The third-order valence-corrected chi connectivity index (χ3v) is 8.15. The van der Waals surface area contributed by atoms with E-state index in [4.69, 9.17) is 0 Å². The maximum atomic E-state index is 13.4. The van der Waals surface area contributed by atoms with Crippen LogP contribution in [0.1, 0.15) is 37.3 Å². The smallest absolute Gasteiger partial charge is 0.434 e. The number of carboxylic acids is 1. The number of aliphatic carboxylic acids is 1. The molecule has 1 amide bonds. The van der Waals surface area contributed by atoms with E-state index in [2.05, 4.69) is 4.74 Å². The largest absolute Gasteiger partial charge is 0.481 e. The quantitative estimate of drug-likeness (QED) is 0.445. The molecular weight excluding hydrogens is 577 g/mol. The van der Waals surface area contributed by atoms with Crippen molar-refractivity contribution >= 4 is 17.7 Å². The standard InChI is InChI=1S/C25H28F9N3O4/c1-21(19(38)39)4-7-37(12-21)17-10-16(23(26,27)28)3-2-15(17)11-35-13-22(14-35)5-8-36(9-6-22)20(40)41-18(24(29,30)31)25(32,33)34/h2-3,10,18H,4-9,11-14H2,1H3,(H,38,39). The fourth-order valence-electron chi connectivity index (χ4n) is 5.74. The Balaban J connectivity index is 1.38. The van der Waals surface area contributed by atoms with E-state index in [0.29, 0.717) is 31.5 Å².